The van der Waals surface area contributed by atoms with E-state index in [2.05, 4.69) is 47.2 Å². The van der Waals surface area contributed by atoms with Crippen molar-refractivity contribution < 1.29 is 4.42 Å². The van der Waals surface area contributed by atoms with Gasteiger partial charge in [-0.2, -0.15) is 0 Å². The number of hydrogen-bond donors (Lipinski definition) is 2. The number of furan rings is 1. The van der Waals surface area contributed by atoms with E-state index in [4.69, 9.17) is 10.2 Å². The van der Waals surface area contributed by atoms with Gasteiger partial charge in [0.2, 0.25) is 0 Å². The minimum absolute atomic E-state index is 0.0000227. The highest BCUT2D eigenvalue weighted by atomic mass is 79.9. The van der Waals surface area contributed by atoms with Crippen LogP contribution in [0.15, 0.2) is 39.4 Å². The van der Waals surface area contributed by atoms with Crippen molar-refractivity contribution in [2.75, 3.05) is 11.9 Å². The zero-order valence-electron chi connectivity index (χ0n) is 10.5. The van der Waals surface area contributed by atoms with E-state index in [1.807, 2.05) is 12.1 Å². The topological polar surface area (TPSA) is 51.2 Å². The Balaban J connectivity index is 2.23. The van der Waals surface area contributed by atoms with Crippen LogP contribution in [0.4, 0.5) is 5.69 Å². The molecule has 2 rings (SSSR count). The van der Waals surface area contributed by atoms with Gasteiger partial charge < -0.3 is 15.5 Å². The molecule has 0 spiro atoms. The second kappa shape index (κ2) is 5.59. The lowest BCUT2D eigenvalue weighted by molar-refractivity contribution is 0.481. The zero-order valence-corrected chi connectivity index (χ0v) is 12.1. The van der Waals surface area contributed by atoms with Gasteiger partial charge in [-0.25, -0.2) is 0 Å². The highest BCUT2D eigenvalue weighted by molar-refractivity contribution is 9.10. The van der Waals surface area contributed by atoms with Crippen LogP contribution in [0.1, 0.15) is 22.9 Å². The van der Waals surface area contributed by atoms with Crippen LogP contribution in [0, 0.1) is 13.8 Å². The molecule has 4 heteroatoms. The van der Waals surface area contributed by atoms with Crippen molar-refractivity contribution in [2.24, 2.45) is 5.73 Å². The maximum Gasteiger partial charge on any atom is 0.127 e. The van der Waals surface area contributed by atoms with Gasteiger partial charge in [0.15, 0.2) is 0 Å². The van der Waals surface area contributed by atoms with Crippen molar-refractivity contribution >= 4 is 21.6 Å². The quantitative estimate of drug-likeness (QED) is 0.904. The molecule has 1 atom stereocenters. The van der Waals surface area contributed by atoms with E-state index in [-0.39, 0.29) is 6.04 Å². The summed E-state index contributed by atoms with van der Waals surface area (Å²) < 4.78 is 6.54. The molecule has 1 aromatic heterocycles. The lowest BCUT2D eigenvalue weighted by atomic mass is 10.1. The fourth-order valence-electron chi connectivity index (χ4n) is 1.97. The van der Waals surface area contributed by atoms with Crippen molar-refractivity contribution in [1.29, 1.82) is 0 Å². The first-order valence-corrected chi connectivity index (χ1v) is 6.68. The SMILES string of the molecule is Cc1cc(NC(CN)c2ccco2)cc(C)c1Br. The van der Waals surface area contributed by atoms with Gasteiger partial charge in [-0.1, -0.05) is 15.9 Å². The van der Waals surface area contributed by atoms with Crippen LogP contribution in [-0.4, -0.2) is 6.54 Å². The number of anilines is 1. The highest BCUT2D eigenvalue weighted by Gasteiger charge is 2.13. The highest BCUT2D eigenvalue weighted by Crippen LogP contribution is 2.27. The summed E-state index contributed by atoms with van der Waals surface area (Å²) in [5.41, 5.74) is 9.24. The molecule has 0 fully saturated rings. The third-order valence-electron chi connectivity index (χ3n) is 2.90. The first-order chi connectivity index (χ1) is 8.61. The molecule has 1 heterocycles. The molecule has 0 saturated carbocycles. The van der Waals surface area contributed by atoms with Crippen LogP contribution >= 0.6 is 15.9 Å². The number of nitrogens with one attached hydrogen (secondary N) is 1. The van der Waals surface area contributed by atoms with E-state index < -0.39 is 0 Å². The molecule has 18 heavy (non-hydrogen) atoms. The normalized spacial score (nSPS) is 12.4. The Morgan fingerprint density at radius 1 is 1.33 bits per heavy atom. The van der Waals surface area contributed by atoms with Gasteiger partial charge in [-0.05, 0) is 49.2 Å². The molecule has 0 aliphatic rings. The second-order valence-corrected chi connectivity index (χ2v) is 5.17. The van der Waals surface area contributed by atoms with E-state index in [9.17, 15) is 0 Å². The zero-order chi connectivity index (χ0) is 13.1. The number of rotatable bonds is 4. The van der Waals surface area contributed by atoms with Gasteiger partial charge in [0.1, 0.15) is 5.76 Å². The Hall–Kier alpha value is -1.26. The third-order valence-corrected chi connectivity index (χ3v) is 4.15. The van der Waals surface area contributed by atoms with Gasteiger partial charge in [0.25, 0.3) is 0 Å². The molecular weight excluding hydrogens is 292 g/mol. The van der Waals surface area contributed by atoms with Crippen molar-refractivity contribution in [2.45, 2.75) is 19.9 Å². The Bertz CT molecular complexity index is 500. The minimum atomic E-state index is -0.0000227. The summed E-state index contributed by atoms with van der Waals surface area (Å²) in [4.78, 5) is 0. The lowest BCUT2D eigenvalue weighted by Crippen LogP contribution is -2.20. The average molecular weight is 309 g/mol. The van der Waals surface area contributed by atoms with Crippen LogP contribution in [0.5, 0.6) is 0 Å². The maximum absolute atomic E-state index is 5.79. The molecule has 0 saturated heterocycles. The summed E-state index contributed by atoms with van der Waals surface area (Å²) in [5, 5.41) is 3.40. The Morgan fingerprint density at radius 3 is 2.50 bits per heavy atom. The number of nitrogens with two attached hydrogens (primary N) is 1. The predicted molar refractivity (Wildman–Crippen MR) is 77.7 cm³/mol. The molecule has 0 amide bonds. The van der Waals surface area contributed by atoms with Crippen LogP contribution in [0.2, 0.25) is 0 Å². The summed E-state index contributed by atoms with van der Waals surface area (Å²) in [5.74, 6) is 0.857. The molecule has 2 aromatic rings. The average Bonchev–Trinajstić information content (AvgIpc) is 2.86. The smallest absolute Gasteiger partial charge is 0.127 e. The largest absolute Gasteiger partial charge is 0.467 e. The molecule has 0 aliphatic heterocycles. The number of aryl methyl sites for hydroxylation is 2. The van der Waals surface area contributed by atoms with Crippen LogP contribution in [-0.2, 0) is 0 Å². The molecule has 96 valence electrons. The summed E-state index contributed by atoms with van der Waals surface area (Å²) in [6.07, 6.45) is 1.66. The molecule has 1 unspecified atom stereocenters. The van der Waals surface area contributed by atoms with E-state index in [0.717, 1.165) is 15.9 Å². The monoisotopic (exact) mass is 308 g/mol. The summed E-state index contributed by atoms with van der Waals surface area (Å²) >= 11 is 3.56. The van der Waals surface area contributed by atoms with Gasteiger partial charge >= 0.3 is 0 Å². The Labute approximate surface area is 115 Å². The molecule has 0 bridgehead atoms. The van der Waals surface area contributed by atoms with E-state index in [0.29, 0.717) is 6.54 Å². The van der Waals surface area contributed by atoms with Gasteiger partial charge in [-0.15, -0.1) is 0 Å². The summed E-state index contributed by atoms with van der Waals surface area (Å²) in [6, 6.07) is 8.01. The van der Waals surface area contributed by atoms with Crippen molar-refractivity contribution in [3.63, 3.8) is 0 Å². The van der Waals surface area contributed by atoms with Gasteiger partial charge in [0, 0.05) is 16.7 Å². The Morgan fingerprint density at radius 2 is 2.00 bits per heavy atom. The molecule has 1 aromatic carbocycles. The van der Waals surface area contributed by atoms with Crippen LogP contribution in [0.25, 0.3) is 0 Å². The van der Waals surface area contributed by atoms with Crippen molar-refractivity contribution in [3.8, 4) is 0 Å². The number of hydrogen-bond acceptors (Lipinski definition) is 3. The molecular formula is C14H17BrN2O. The van der Waals surface area contributed by atoms with Crippen molar-refractivity contribution in [3.05, 3.63) is 51.9 Å². The fourth-order valence-corrected chi connectivity index (χ4v) is 2.20. The molecule has 0 radical (unpaired) electrons. The lowest BCUT2D eigenvalue weighted by Gasteiger charge is -2.17. The molecule has 3 nitrogen and oxygen atoms in total. The van der Waals surface area contributed by atoms with Gasteiger partial charge in [-0.3, -0.25) is 0 Å². The molecule has 0 aliphatic carbocycles. The number of benzene rings is 1. The van der Waals surface area contributed by atoms with Crippen molar-refractivity contribution in [1.82, 2.24) is 0 Å². The summed E-state index contributed by atoms with van der Waals surface area (Å²) in [7, 11) is 0. The second-order valence-electron chi connectivity index (χ2n) is 4.37. The van der Waals surface area contributed by atoms with Crippen LogP contribution < -0.4 is 11.1 Å². The summed E-state index contributed by atoms with van der Waals surface area (Å²) in [6.45, 7) is 4.64. The van der Waals surface area contributed by atoms with E-state index >= 15 is 0 Å². The first kappa shape index (κ1) is 13.2. The van der Waals surface area contributed by atoms with Crippen LogP contribution in [0.3, 0.4) is 0 Å². The Kier molecular flexibility index (Phi) is 4.09. The van der Waals surface area contributed by atoms with E-state index in [1.165, 1.54) is 11.1 Å². The van der Waals surface area contributed by atoms with E-state index in [1.54, 1.807) is 6.26 Å². The third kappa shape index (κ3) is 2.76. The number of halogens is 1. The fraction of sp³-hybridized carbons (Fsp3) is 0.286. The minimum Gasteiger partial charge on any atom is -0.467 e. The van der Waals surface area contributed by atoms with Gasteiger partial charge in [0.05, 0.1) is 12.3 Å². The standard InChI is InChI=1S/C14H17BrN2O/c1-9-6-11(7-10(2)14(9)15)17-12(8-16)13-4-3-5-18-13/h3-7,12,17H,8,16H2,1-2H3. The maximum atomic E-state index is 5.79. The molecule has 3 N–H and O–H groups in total. The first-order valence-electron chi connectivity index (χ1n) is 5.88. The predicted octanol–water partition coefficient (Wildman–Crippen LogP) is 3.77.